The standard InChI is InChI=1S/C24H37F3OSi/c1-2-3-4-5-6-7-18-8-10-21(11-9-18)29(27)14-12-19(13-15-29)20-16-22(25)24(28)23(26)17-20/h16-19,21,28H,2-15H2,1H3. The normalized spacial score (nSPS) is 30.4. The molecule has 2 aliphatic rings. The third-order valence-electron chi connectivity index (χ3n) is 7.62. The van der Waals surface area contributed by atoms with Gasteiger partial charge in [0.1, 0.15) is 0 Å². The molecule has 3 rings (SSSR count). The van der Waals surface area contributed by atoms with E-state index in [0.717, 1.165) is 18.8 Å². The molecule has 0 bridgehead atoms. The highest BCUT2D eigenvalue weighted by molar-refractivity contribution is 6.74. The third-order valence-corrected chi connectivity index (χ3v) is 11.9. The summed E-state index contributed by atoms with van der Waals surface area (Å²) in [5.41, 5.74) is 0.855. The maximum absolute atomic E-state index is 15.8. The number of halogens is 3. The van der Waals surface area contributed by atoms with Crippen LogP contribution in [0.25, 0.3) is 0 Å². The van der Waals surface area contributed by atoms with Gasteiger partial charge in [-0.3, -0.25) is 0 Å². The second-order valence-corrected chi connectivity index (χ2v) is 13.4. The Kier molecular flexibility index (Phi) is 8.12. The first kappa shape index (κ1) is 22.7. The van der Waals surface area contributed by atoms with E-state index < -0.39 is 25.8 Å². The Labute approximate surface area is 175 Å². The molecule has 1 aliphatic heterocycles. The number of hydrogen-bond donors (Lipinski definition) is 1. The van der Waals surface area contributed by atoms with Crippen LogP contribution < -0.4 is 0 Å². The summed E-state index contributed by atoms with van der Waals surface area (Å²) in [5.74, 6) is -1.94. The zero-order chi connectivity index (χ0) is 20.9. The van der Waals surface area contributed by atoms with E-state index in [-0.39, 0.29) is 11.5 Å². The lowest BCUT2D eigenvalue weighted by molar-refractivity contribution is 0.314. The molecule has 2 fully saturated rings. The van der Waals surface area contributed by atoms with Crippen molar-refractivity contribution in [1.82, 2.24) is 0 Å². The van der Waals surface area contributed by atoms with Crippen molar-refractivity contribution in [3.63, 3.8) is 0 Å². The summed E-state index contributed by atoms with van der Waals surface area (Å²) in [7, 11) is -2.76. The Balaban J connectivity index is 1.45. The highest BCUT2D eigenvalue weighted by Gasteiger charge is 2.46. The van der Waals surface area contributed by atoms with Gasteiger partial charge < -0.3 is 9.21 Å². The smallest absolute Gasteiger partial charge is 0.250 e. The van der Waals surface area contributed by atoms with Gasteiger partial charge in [-0.15, -0.1) is 0 Å². The molecule has 1 nitrogen and oxygen atoms in total. The molecule has 0 radical (unpaired) electrons. The van der Waals surface area contributed by atoms with E-state index in [9.17, 15) is 13.9 Å². The minimum Gasteiger partial charge on any atom is -0.503 e. The summed E-state index contributed by atoms with van der Waals surface area (Å²) in [4.78, 5) is 0. The highest BCUT2D eigenvalue weighted by atomic mass is 28.4. The molecule has 1 aromatic carbocycles. The molecule has 0 unspecified atom stereocenters. The van der Waals surface area contributed by atoms with Crippen molar-refractivity contribution in [2.24, 2.45) is 5.92 Å². The summed E-state index contributed by atoms with van der Waals surface area (Å²) in [6.07, 6.45) is 13.8. The lowest BCUT2D eigenvalue weighted by Crippen LogP contribution is -2.40. The number of aromatic hydroxyl groups is 1. The Hall–Kier alpha value is -0.973. The van der Waals surface area contributed by atoms with Crippen molar-refractivity contribution in [1.29, 1.82) is 0 Å². The van der Waals surface area contributed by atoms with Crippen LogP contribution in [0, 0.1) is 17.6 Å². The van der Waals surface area contributed by atoms with Gasteiger partial charge in [0.25, 0.3) is 0 Å². The monoisotopic (exact) mass is 426 g/mol. The number of hydrogen-bond acceptors (Lipinski definition) is 1. The van der Waals surface area contributed by atoms with Crippen molar-refractivity contribution in [3.8, 4) is 5.75 Å². The van der Waals surface area contributed by atoms with Crippen LogP contribution in [0.5, 0.6) is 5.75 Å². The summed E-state index contributed by atoms with van der Waals surface area (Å²) in [6, 6.07) is 3.69. The fourth-order valence-corrected chi connectivity index (χ4v) is 9.76. The number of phenolic OH excluding ortho intramolecular Hbond substituents is 1. The topological polar surface area (TPSA) is 20.2 Å². The van der Waals surface area contributed by atoms with Gasteiger partial charge in [0.2, 0.25) is 8.41 Å². The van der Waals surface area contributed by atoms with Crippen LogP contribution >= 0.6 is 0 Å². The van der Waals surface area contributed by atoms with Crippen LogP contribution in [0.2, 0.25) is 17.6 Å². The van der Waals surface area contributed by atoms with Gasteiger partial charge in [-0.1, -0.05) is 71.1 Å². The Morgan fingerprint density at radius 2 is 1.48 bits per heavy atom. The lowest BCUT2D eigenvalue weighted by Gasteiger charge is -2.40. The Morgan fingerprint density at radius 1 is 0.897 bits per heavy atom. The highest BCUT2D eigenvalue weighted by Crippen LogP contribution is 2.50. The van der Waals surface area contributed by atoms with Gasteiger partial charge in [0.05, 0.1) is 0 Å². The summed E-state index contributed by atoms with van der Waals surface area (Å²) in [6.45, 7) is 2.24. The zero-order valence-corrected chi connectivity index (χ0v) is 18.9. The van der Waals surface area contributed by atoms with Crippen molar-refractivity contribution in [3.05, 3.63) is 29.3 Å². The molecule has 1 aliphatic carbocycles. The molecule has 1 N–H and O–H groups in total. The minimum atomic E-state index is -2.76. The average Bonchev–Trinajstić information content (AvgIpc) is 2.72. The molecule has 0 spiro atoms. The number of rotatable bonds is 8. The summed E-state index contributed by atoms with van der Waals surface area (Å²) < 4.78 is 43.2. The first-order chi connectivity index (χ1) is 13.9. The van der Waals surface area contributed by atoms with Gasteiger partial charge in [-0.25, -0.2) is 8.78 Å². The van der Waals surface area contributed by atoms with Crippen LogP contribution in [0.3, 0.4) is 0 Å². The fourth-order valence-electron chi connectivity index (χ4n) is 5.67. The van der Waals surface area contributed by atoms with Crippen LogP contribution in [0.4, 0.5) is 12.9 Å². The van der Waals surface area contributed by atoms with E-state index >= 15 is 4.11 Å². The van der Waals surface area contributed by atoms with E-state index in [2.05, 4.69) is 6.92 Å². The van der Waals surface area contributed by atoms with Crippen molar-refractivity contribution >= 4 is 8.41 Å². The van der Waals surface area contributed by atoms with Crippen molar-refractivity contribution < 1.29 is 18.0 Å². The quantitative estimate of drug-likeness (QED) is 0.251. The van der Waals surface area contributed by atoms with Gasteiger partial charge in [0, 0.05) is 0 Å². The molecule has 1 saturated heterocycles. The molecular formula is C24H37F3OSi. The van der Waals surface area contributed by atoms with Gasteiger partial charge in [-0.05, 0) is 60.0 Å². The van der Waals surface area contributed by atoms with Gasteiger partial charge in [-0.2, -0.15) is 0 Å². The number of benzene rings is 1. The molecule has 1 aromatic rings. The molecule has 1 heterocycles. The van der Waals surface area contributed by atoms with Crippen LogP contribution in [-0.2, 0) is 0 Å². The minimum absolute atomic E-state index is 0.00966. The van der Waals surface area contributed by atoms with E-state index in [4.69, 9.17) is 0 Å². The van der Waals surface area contributed by atoms with Gasteiger partial charge >= 0.3 is 0 Å². The Bertz CT molecular complexity index is 627. The SMILES string of the molecule is CCCCCCCC1CCC([Si]2(F)CCC(c3cc(F)c(O)c(F)c3)CC2)CC1. The second-order valence-electron chi connectivity index (χ2n) is 9.56. The maximum Gasteiger partial charge on any atom is 0.250 e. The molecule has 0 aromatic heterocycles. The number of phenols is 1. The molecule has 5 heteroatoms. The first-order valence-corrected chi connectivity index (χ1v) is 14.2. The summed E-state index contributed by atoms with van der Waals surface area (Å²) in [5, 5.41) is 9.29. The zero-order valence-electron chi connectivity index (χ0n) is 17.9. The molecule has 0 amide bonds. The van der Waals surface area contributed by atoms with E-state index in [1.807, 2.05) is 0 Å². The largest absolute Gasteiger partial charge is 0.503 e. The molecule has 164 valence electrons. The third kappa shape index (κ3) is 5.80. The van der Waals surface area contributed by atoms with E-state index in [1.54, 1.807) is 0 Å². The van der Waals surface area contributed by atoms with E-state index in [1.165, 1.54) is 63.5 Å². The van der Waals surface area contributed by atoms with Crippen LogP contribution in [-0.4, -0.2) is 13.5 Å². The Morgan fingerprint density at radius 3 is 2.07 bits per heavy atom. The lowest BCUT2D eigenvalue weighted by atomic mass is 9.85. The average molecular weight is 427 g/mol. The van der Waals surface area contributed by atoms with Crippen LogP contribution in [0.1, 0.15) is 95.5 Å². The maximum atomic E-state index is 15.8. The molecule has 0 atom stereocenters. The van der Waals surface area contributed by atoms with Gasteiger partial charge in [0.15, 0.2) is 17.4 Å². The molecule has 29 heavy (non-hydrogen) atoms. The summed E-state index contributed by atoms with van der Waals surface area (Å²) >= 11 is 0. The van der Waals surface area contributed by atoms with Crippen LogP contribution in [0.15, 0.2) is 12.1 Å². The van der Waals surface area contributed by atoms with Crippen molar-refractivity contribution in [2.45, 2.75) is 108 Å². The first-order valence-electron chi connectivity index (χ1n) is 11.8. The fraction of sp³-hybridized carbons (Fsp3) is 0.750. The second kappa shape index (κ2) is 10.4. The number of unbranched alkanes of at least 4 members (excludes halogenated alkanes) is 4. The predicted molar refractivity (Wildman–Crippen MR) is 116 cm³/mol. The van der Waals surface area contributed by atoms with Crippen molar-refractivity contribution in [2.75, 3.05) is 0 Å². The molecule has 1 saturated carbocycles. The predicted octanol–water partition coefficient (Wildman–Crippen LogP) is 8.38. The molecular weight excluding hydrogens is 389 g/mol. The van der Waals surface area contributed by atoms with E-state index in [0.29, 0.717) is 30.5 Å².